The molecule has 26 heavy (non-hydrogen) atoms. The molecule has 2 N–H and O–H groups in total. The van der Waals surface area contributed by atoms with Gasteiger partial charge in [-0.25, -0.2) is 0 Å². The number of hydrogen-bond acceptors (Lipinski definition) is 3. The van der Waals surface area contributed by atoms with Gasteiger partial charge in [0.2, 0.25) is 0 Å². The van der Waals surface area contributed by atoms with Gasteiger partial charge in [-0.05, 0) is 43.2 Å². The van der Waals surface area contributed by atoms with E-state index in [1.54, 1.807) is 0 Å². The van der Waals surface area contributed by atoms with E-state index in [2.05, 4.69) is 73.2 Å². The number of hydrogen-bond donors (Lipinski definition) is 2. The van der Waals surface area contributed by atoms with Gasteiger partial charge < -0.3 is 4.42 Å². The number of H-pyrrole nitrogens is 2. The summed E-state index contributed by atoms with van der Waals surface area (Å²) >= 11 is 0. The van der Waals surface area contributed by atoms with E-state index in [0.717, 1.165) is 40.5 Å². The number of furan rings is 1. The van der Waals surface area contributed by atoms with Crippen LogP contribution in [0.2, 0.25) is 0 Å². The van der Waals surface area contributed by atoms with Gasteiger partial charge >= 0.3 is 0 Å². The van der Waals surface area contributed by atoms with Crippen LogP contribution in [-0.2, 0) is 17.3 Å². The largest absolute Gasteiger partial charge is 0.462 e. The molecule has 0 atom stereocenters. The second-order valence-electron chi connectivity index (χ2n) is 8.51. The Labute approximate surface area is 154 Å². The Kier molecular flexibility index (Phi) is 4.65. The van der Waals surface area contributed by atoms with Gasteiger partial charge in [0.15, 0.2) is 5.76 Å². The molecule has 5 nitrogen and oxygen atoms in total. The van der Waals surface area contributed by atoms with E-state index < -0.39 is 0 Å². The molecule has 0 aliphatic rings. The maximum atomic E-state index is 5.79. The molecule has 3 aromatic rings. The first-order chi connectivity index (χ1) is 12.2. The maximum Gasteiger partial charge on any atom is 0.151 e. The summed E-state index contributed by atoms with van der Waals surface area (Å²) in [5.41, 5.74) is 5.07. The Hall–Kier alpha value is -2.56. The van der Waals surface area contributed by atoms with Crippen LogP contribution < -0.4 is 0 Å². The molecule has 3 aromatic heterocycles. The van der Waals surface area contributed by atoms with Crippen molar-refractivity contribution in [3.8, 4) is 11.5 Å². The third-order valence-corrected chi connectivity index (χ3v) is 4.55. The van der Waals surface area contributed by atoms with Crippen LogP contribution in [0.5, 0.6) is 0 Å². The minimum absolute atomic E-state index is 0.0107. The number of nitrogens with one attached hydrogen (secondary N) is 2. The Morgan fingerprint density at radius 1 is 1.00 bits per heavy atom. The van der Waals surface area contributed by atoms with E-state index in [4.69, 9.17) is 4.42 Å². The molecule has 0 aliphatic carbocycles. The van der Waals surface area contributed by atoms with Crippen molar-refractivity contribution in [1.82, 2.24) is 20.4 Å². The highest BCUT2D eigenvalue weighted by atomic mass is 16.3. The molecule has 0 unspecified atom stereocenters. The molecule has 0 fully saturated rings. The van der Waals surface area contributed by atoms with Gasteiger partial charge in [-0.3, -0.25) is 10.2 Å². The Morgan fingerprint density at radius 3 is 2.38 bits per heavy atom. The number of aromatic amines is 2. The van der Waals surface area contributed by atoms with Crippen molar-refractivity contribution in [3.05, 3.63) is 53.2 Å². The number of nitrogens with zero attached hydrogens (tertiary/aromatic N) is 2. The standard InChI is InChI=1S/C21H28N4O/c1-7-8-15-10-19(25-22-15)21(5,6)12-14-9-17(26-13-14)16-11-18(24-23-16)20(2,3)4/h7-11,13H,12H2,1-6H3,(H,22,25)(H,23,24)/b8-7+. The SMILES string of the molecule is C/C=C/c1cc(C(C)(C)Cc2coc(-c3cc(C(C)(C)C)n[nH]3)c2)n[nH]1. The van der Waals surface area contributed by atoms with Crippen LogP contribution in [0.1, 0.15) is 64.2 Å². The van der Waals surface area contributed by atoms with Crippen molar-refractivity contribution in [2.75, 3.05) is 0 Å². The summed E-state index contributed by atoms with van der Waals surface area (Å²) in [5.74, 6) is 0.815. The van der Waals surface area contributed by atoms with Gasteiger partial charge in [0.05, 0.1) is 23.3 Å². The molecule has 0 saturated carbocycles. The fourth-order valence-electron chi connectivity index (χ4n) is 2.99. The lowest BCUT2D eigenvalue weighted by molar-refractivity contribution is 0.497. The maximum absolute atomic E-state index is 5.79. The highest BCUT2D eigenvalue weighted by Gasteiger charge is 2.25. The molecule has 0 saturated heterocycles. The molecule has 0 bridgehead atoms. The van der Waals surface area contributed by atoms with Crippen LogP contribution in [0.15, 0.2) is 35.0 Å². The summed E-state index contributed by atoms with van der Waals surface area (Å²) in [5, 5.41) is 15.0. The van der Waals surface area contributed by atoms with Gasteiger partial charge in [0.25, 0.3) is 0 Å². The predicted octanol–water partition coefficient (Wildman–Crippen LogP) is 5.24. The zero-order chi connectivity index (χ0) is 18.9. The van der Waals surface area contributed by atoms with Crippen molar-refractivity contribution >= 4 is 6.08 Å². The highest BCUT2D eigenvalue weighted by molar-refractivity contribution is 5.54. The molecule has 138 valence electrons. The van der Waals surface area contributed by atoms with E-state index in [1.807, 2.05) is 25.3 Å². The third kappa shape index (κ3) is 3.82. The average molecular weight is 352 g/mol. The smallest absolute Gasteiger partial charge is 0.151 e. The first-order valence-corrected chi connectivity index (χ1v) is 9.01. The van der Waals surface area contributed by atoms with Crippen LogP contribution >= 0.6 is 0 Å². The monoisotopic (exact) mass is 352 g/mol. The van der Waals surface area contributed by atoms with Crippen LogP contribution in [0.25, 0.3) is 17.5 Å². The number of rotatable bonds is 5. The Balaban J connectivity index is 1.78. The first kappa shape index (κ1) is 18.2. The average Bonchev–Trinajstić information content (AvgIpc) is 3.26. The van der Waals surface area contributed by atoms with Crippen LogP contribution in [-0.4, -0.2) is 20.4 Å². The Bertz CT molecular complexity index is 902. The summed E-state index contributed by atoms with van der Waals surface area (Å²) in [6, 6.07) is 6.25. The predicted molar refractivity (Wildman–Crippen MR) is 105 cm³/mol. The van der Waals surface area contributed by atoms with Gasteiger partial charge in [-0.2, -0.15) is 10.2 Å². The molecule has 3 heterocycles. The molecular formula is C21H28N4O. The van der Waals surface area contributed by atoms with E-state index in [-0.39, 0.29) is 10.8 Å². The summed E-state index contributed by atoms with van der Waals surface area (Å²) in [6.07, 6.45) is 6.70. The second-order valence-corrected chi connectivity index (χ2v) is 8.51. The quantitative estimate of drug-likeness (QED) is 0.659. The normalized spacial score (nSPS) is 13.0. The van der Waals surface area contributed by atoms with Crippen molar-refractivity contribution in [3.63, 3.8) is 0 Å². The molecule has 0 aliphatic heterocycles. The summed E-state index contributed by atoms with van der Waals surface area (Å²) < 4.78 is 5.79. The van der Waals surface area contributed by atoms with Crippen molar-refractivity contribution < 1.29 is 4.42 Å². The van der Waals surface area contributed by atoms with Crippen LogP contribution in [0.4, 0.5) is 0 Å². The minimum Gasteiger partial charge on any atom is -0.462 e. The zero-order valence-electron chi connectivity index (χ0n) is 16.5. The zero-order valence-corrected chi connectivity index (χ0v) is 16.5. The molecular weight excluding hydrogens is 324 g/mol. The lowest BCUT2D eigenvalue weighted by atomic mass is 9.83. The van der Waals surface area contributed by atoms with Gasteiger partial charge in [0.1, 0.15) is 5.69 Å². The van der Waals surface area contributed by atoms with E-state index in [9.17, 15) is 0 Å². The lowest BCUT2D eigenvalue weighted by Crippen LogP contribution is -2.20. The summed E-state index contributed by atoms with van der Waals surface area (Å²) in [7, 11) is 0. The fourth-order valence-corrected chi connectivity index (χ4v) is 2.99. The molecule has 0 aromatic carbocycles. The summed E-state index contributed by atoms with van der Waals surface area (Å²) in [6.45, 7) is 12.8. The summed E-state index contributed by atoms with van der Waals surface area (Å²) in [4.78, 5) is 0. The van der Waals surface area contributed by atoms with Gasteiger partial charge in [0, 0.05) is 10.8 Å². The lowest BCUT2D eigenvalue weighted by Gasteiger charge is -2.21. The molecule has 5 heteroatoms. The van der Waals surface area contributed by atoms with E-state index in [1.165, 1.54) is 0 Å². The van der Waals surface area contributed by atoms with Gasteiger partial charge in [-0.15, -0.1) is 0 Å². The molecule has 0 spiro atoms. The van der Waals surface area contributed by atoms with Crippen LogP contribution in [0, 0.1) is 0 Å². The van der Waals surface area contributed by atoms with E-state index >= 15 is 0 Å². The topological polar surface area (TPSA) is 70.5 Å². The minimum atomic E-state index is -0.0952. The number of aromatic nitrogens is 4. The molecule has 0 amide bonds. The first-order valence-electron chi connectivity index (χ1n) is 9.01. The molecule has 0 radical (unpaired) electrons. The fraction of sp³-hybridized carbons (Fsp3) is 0.429. The highest BCUT2D eigenvalue weighted by Crippen LogP contribution is 2.31. The van der Waals surface area contributed by atoms with Crippen molar-refractivity contribution in [2.24, 2.45) is 0 Å². The van der Waals surface area contributed by atoms with Crippen molar-refractivity contribution in [1.29, 1.82) is 0 Å². The van der Waals surface area contributed by atoms with Crippen LogP contribution in [0.3, 0.4) is 0 Å². The van der Waals surface area contributed by atoms with Gasteiger partial charge in [-0.1, -0.05) is 40.7 Å². The van der Waals surface area contributed by atoms with Crippen molar-refractivity contribution in [2.45, 2.75) is 58.8 Å². The second kappa shape index (κ2) is 6.63. The Morgan fingerprint density at radius 2 is 1.73 bits per heavy atom. The third-order valence-electron chi connectivity index (χ3n) is 4.55. The number of allylic oxidation sites excluding steroid dienone is 1. The van der Waals surface area contributed by atoms with E-state index in [0.29, 0.717) is 0 Å². The molecule has 3 rings (SSSR count).